The van der Waals surface area contributed by atoms with Crippen LogP contribution in [0.25, 0.3) is 10.9 Å². The van der Waals surface area contributed by atoms with Gasteiger partial charge in [0.1, 0.15) is 0 Å². The van der Waals surface area contributed by atoms with E-state index in [-0.39, 0.29) is 0 Å². The molecule has 1 aliphatic heterocycles. The summed E-state index contributed by atoms with van der Waals surface area (Å²) in [7, 11) is 2.22. The summed E-state index contributed by atoms with van der Waals surface area (Å²) in [6, 6.07) is 19.7. The number of benzene rings is 2. The second kappa shape index (κ2) is 5.44. The van der Waals surface area contributed by atoms with Gasteiger partial charge >= 0.3 is 0 Å². The Morgan fingerprint density at radius 1 is 0.808 bits per heavy atom. The molecule has 2 heterocycles. The molecule has 1 aromatic heterocycles. The summed E-state index contributed by atoms with van der Waals surface area (Å²) in [5.41, 5.74) is 9.51. The minimum atomic E-state index is 0.307. The molecule has 0 radical (unpaired) electrons. The van der Waals surface area contributed by atoms with Crippen LogP contribution in [-0.4, -0.2) is 12.0 Å². The summed E-state index contributed by atoms with van der Waals surface area (Å²) < 4.78 is 0. The van der Waals surface area contributed by atoms with Crippen LogP contribution < -0.4 is 4.90 Å². The highest BCUT2D eigenvalue weighted by Crippen LogP contribution is 2.53. The van der Waals surface area contributed by atoms with Gasteiger partial charge in [-0.05, 0) is 34.9 Å². The summed E-state index contributed by atoms with van der Waals surface area (Å²) >= 11 is 0. The molecule has 2 aliphatic rings. The molecule has 1 aliphatic carbocycles. The van der Waals surface area contributed by atoms with Crippen molar-refractivity contribution in [3.8, 4) is 0 Å². The third kappa shape index (κ3) is 1.96. The number of hydrogen-bond donors (Lipinski definition) is 0. The molecule has 5 rings (SSSR count). The van der Waals surface area contributed by atoms with Gasteiger partial charge in [0.25, 0.3) is 0 Å². The first kappa shape index (κ1) is 15.6. The van der Waals surface area contributed by atoms with Crippen molar-refractivity contribution in [2.24, 2.45) is 0 Å². The Labute approximate surface area is 155 Å². The molecule has 3 aromatic rings. The third-order valence-corrected chi connectivity index (χ3v) is 6.43. The fourth-order valence-corrected chi connectivity index (χ4v) is 5.15. The Kier molecular flexibility index (Phi) is 3.27. The Morgan fingerprint density at radius 3 is 2.35 bits per heavy atom. The Balaban J connectivity index is 1.76. The van der Waals surface area contributed by atoms with Gasteiger partial charge in [-0.25, -0.2) is 0 Å². The van der Waals surface area contributed by atoms with Crippen molar-refractivity contribution < 1.29 is 0 Å². The maximum absolute atomic E-state index is 5.09. The van der Waals surface area contributed by atoms with E-state index in [0.29, 0.717) is 17.8 Å². The van der Waals surface area contributed by atoms with Gasteiger partial charge in [0.15, 0.2) is 0 Å². The van der Waals surface area contributed by atoms with E-state index in [4.69, 9.17) is 4.98 Å². The minimum absolute atomic E-state index is 0.307. The number of aromatic nitrogens is 1. The Bertz CT molecular complexity index is 979. The van der Waals surface area contributed by atoms with Gasteiger partial charge in [-0.2, -0.15) is 0 Å². The summed E-state index contributed by atoms with van der Waals surface area (Å²) in [5.74, 6) is 1.13. The highest BCUT2D eigenvalue weighted by atomic mass is 15.1. The molecule has 3 unspecified atom stereocenters. The predicted octanol–water partition coefficient (Wildman–Crippen LogP) is 5.96. The molecule has 3 atom stereocenters. The third-order valence-electron chi connectivity index (χ3n) is 6.43. The Morgan fingerprint density at radius 2 is 1.50 bits per heavy atom. The van der Waals surface area contributed by atoms with Crippen molar-refractivity contribution >= 4 is 16.6 Å². The SMILES string of the molecule is CC1C2=C(C(C)c3nc4ccccc4cc3C2C)N(C)c2ccccc21. The topological polar surface area (TPSA) is 16.1 Å². The lowest BCUT2D eigenvalue weighted by molar-refractivity contribution is 0.631. The van der Waals surface area contributed by atoms with Gasteiger partial charge in [-0.3, -0.25) is 4.98 Å². The number of anilines is 1. The molecular formula is C24H24N2. The summed E-state index contributed by atoms with van der Waals surface area (Å²) in [6.07, 6.45) is 0. The van der Waals surface area contributed by atoms with E-state index in [1.165, 1.54) is 33.6 Å². The average Bonchev–Trinajstić information content (AvgIpc) is 2.67. The second-order valence-corrected chi connectivity index (χ2v) is 7.78. The van der Waals surface area contributed by atoms with Gasteiger partial charge in [0.05, 0.1) is 11.2 Å². The molecule has 2 heteroatoms. The quantitative estimate of drug-likeness (QED) is 0.502. The standard InChI is InChI=1S/C24H24N2/c1-14-18-10-6-8-12-21(18)26(4)24-16(3)23-19(15(2)22(14)24)13-17-9-5-7-11-20(17)25-23/h5-16H,1-4H3. The van der Waals surface area contributed by atoms with Crippen LogP contribution in [0.3, 0.4) is 0 Å². The van der Waals surface area contributed by atoms with Gasteiger partial charge in [-0.15, -0.1) is 0 Å². The molecule has 0 fully saturated rings. The van der Waals surface area contributed by atoms with Crippen molar-refractivity contribution in [2.45, 2.75) is 38.5 Å². The highest BCUT2D eigenvalue weighted by Gasteiger charge is 2.39. The van der Waals surface area contributed by atoms with Gasteiger partial charge in [0.2, 0.25) is 0 Å². The number of fused-ring (bicyclic) bond motifs is 3. The monoisotopic (exact) mass is 340 g/mol. The van der Waals surface area contributed by atoms with E-state index >= 15 is 0 Å². The zero-order valence-corrected chi connectivity index (χ0v) is 15.8. The van der Waals surface area contributed by atoms with Crippen LogP contribution in [0.5, 0.6) is 0 Å². The second-order valence-electron chi connectivity index (χ2n) is 7.78. The first-order chi connectivity index (χ1) is 12.6. The zero-order valence-electron chi connectivity index (χ0n) is 15.8. The van der Waals surface area contributed by atoms with E-state index in [2.05, 4.69) is 87.3 Å². The average molecular weight is 340 g/mol. The lowest BCUT2D eigenvalue weighted by atomic mass is 9.70. The maximum atomic E-state index is 5.09. The number of nitrogens with zero attached hydrogens (tertiary/aromatic N) is 2. The van der Waals surface area contributed by atoms with E-state index in [0.717, 1.165) is 5.52 Å². The number of para-hydroxylation sites is 2. The molecule has 0 bridgehead atoms. The van der Waals surface area contributed by atoms with Gasteiger partial charge < -0.3 is 4.90 Å². The van der Waals surface area contributed by atoms with Gasteiger partial charge in [0, 0.05) is 41.6 Å². The van der Waals surface area contributed by atoms with Crippen LogP contribution in [0.4, 0.5) is 5.69 Å². The predicted molar refractivity (Wildman–Crippen MR) is 109 cm³/mol. The minimum Gasteiger partial charge on any atom is -0.347 e. The molecule has 2 nitrogen and oxygen atoms in total. The van der Waals surface area contributed by atoms with Crippen molar-refractivity contribution in [1.29, 1.82) is 0 Å². The zero-order chi connectivity index (χ0) is 18.0. The van der Waals surface area contributed by atoms with Crippen LogP contribution in [0.15, 0.2) is 65.9 Å². The number of likely N-dealkylation sites (N-methyl/N-ethyl adjacent to an activating group) is 1. The molecule has 0 saturated carbocycles. The number of allylic oxidation sites excluding steroid dienone is 2. The van der Waals surface area contributed by atoms with E-state index in [9.17, 15) is 0 Å². The number of pyridine rings is 1. The number of rotatable bonds is 0. The molecule has 2 aromatic carbocycles. The fraction of sp³-hybridized carbons (Fsp3) is 0.292. The van der Waals surface area contributed by atoms with Crippen molar-refractivity contribution in [1.82, 2.24) is 4.98 Å². The number of hydrogen-bond acceptors (Lipinski definition) is 2. The normalized spacial score (nSPS) is 24.3. The summed E-state index contributed by atoms with van der Waals surface area (Å²) in [6.45, 7) is 7.04. The van der Waals surface area contributed by atoms with E-state index in [1.807, 2.05) is 0 Å². The van der Waals surface area contributed by atoms with E-state index in [1.54, 1.807) is 5.57 Å². The van der Waals surface area contributed by atoms with Crippen LogP contribution in [-0.2, 0) is 0 Å². The van der Waals surface area contributed by atoms with Crippen LogP contribution in [0.1, 0.15) is 55.3 Å². The smallest absolute Gasteiger partial charge is 0.0705 e. The summed E-state index contributed by atoms with van der Waals surface area (Å²) in [5, 5.41) is 1.24. The fourth-order valence-electron chi connectivity index (χ4n) is 5.15. The Hall–Kier alpha value is -2.61. The van der Waals surface area contributed by atoms with Crippen molar-refractivity contribution in [2.75, 3.05) is 11.9 Å². The first-order valence-electron chi connectivity index (χ1n) is 9.54. The molecule has 0 N–H and O–H groups in total. The van der Waals surface area contributed by atoms with E-state index < -0.39 is 0 Å². The van der Waals surface area contributed by atoms with Crippen LogP contribution in [0.2, 0.25) is 0 Å². The molecule has 0 saturated heterocycles. The van der Waals surface area contributed by atoms with Crippen molar-refractivity contribution in [3.05, 3.63) is 82.7 Å². The molecular weight excluding hydrogens is 316 g/mol. The summed E-state index contributed by atoms with van der Waals surface area (Å²) in [4.78, 5) is 7.50. The molecule has 0 spiro atoms. The van der Waals surface area contributed by atoms with Crippen molar-refractivity contribution in [3.63, 3.8) is 0 Å². The highest BCUT2D eigenvalue weighted by molar-refractivity contribution is 5.81. The largest absolute Gasteiger partial charge is 0.347 e. The first-order valence-corrected chi connectivity index (χ1v) is 9.54. The molecule has 130 valence electrons. The lowest BCUT2D eigenvalue weighted by Gasteiger charge is -2.44. The molecule has 0 amide bonds. The lowest BCUT2D eigenvalue weighted by Crippen LogP contribution is -2.34. The van der Waals surface area contributed by atoms with Gasteiger partial charge in [-0.1, -0.05) is 57.2 Å². The maximum Gasteiger partial charge on any atom is 0.0705 e. The van der Waals surface area contributed by atoms with Crippen LogP contribution in [0, 0.1) is 0 Å². The van der Waals surface area contributed by atoms with Crippen LogP contribution >= 0.6 is 0 Å². The molecule has 26 heavy (non-hydrogen) atoms.